The van der Waals surface area contributed by atoms with Gasteiger partial charge in [-0.3, -0.25) is 9.59 Å². The number of phenolic OH excluding ortho intramolecular Hbond substituents is 2. The summed E-state index contributed by atoms with van der Waals surface area (Å²) >= 11 is 0. The molecule has 0 radical (unpaired) electrons. The molecule has 2 aromatic carbocycles. The quantitative estimate of drug-likeness (QED) is 0.369. The Morgan fingerprint density at radius 3 is 2.38 bits per heavy atom. The van der Waals surface area contributed by atoms with Crippen molar-refractivity contribution in [3.63, 3.8) is 0 Å². The highest BCUT2D eigenvalue weighted by Gasteiger charge is 2.09. The molecule has 0 unspecified atom stereocenters. The predicted molar refractivity (Wildman–Crippen MR) is 96.2 cm³/mol. The van der Waals surface area contributed by atoms with Crippen LogP contribution in [0.4, 0.5) is 5.69 Å². The molecule has 3 N–H and O–H groups in total. The number of hydrogen-bond donors (Lipinski definition) is 3. The predicted octanol–water partition coefficient (Wildman–Crippen LogP) is 3.84. The lowest BCUT2D eigenvalue weighted by atomic mass is 10.1. The molecule has 0 atom stereocenters. The molecule has 1 aromatic heterocycles. The van der Waals surface area contributed by atoms with Crippen molar-refractivity contribution in [1.29, 1.82) is 0 Å². The number of aromatic hydroxyl groups is 2. The van der Waals surface area contributed by atoms with Gasteiger partial charge in [-0.2, -0.15) is 0 Å². The molecule has 0 aliphatic heterocycles. The first-order valence-corrected chi connectivity index (χ1v) is 7.72. The zero-order chi connectivity index (χ0) is 18.5. The first kappa shape index (κ1) is 17.0. The first-order valence-electron chi connectivity index (χ1n) is 7.72. The van der Waals surface area contributed by atoms with E-state index in [1.165, 1.54) is 30.5 Å². The molecule has 6 nitrogen and oxygen atoms in total. The summed E-state index contributed by atoms with van der Waals surface area (Å²) in [4.78, 5) is 24.1. The molecular weight excluding hydrogens is 334 g/mol. The molecule has 3 aromatic rings. The minimum absolute atomic E-state index is 0.199. The Morgan fingerprint density at radius 2 is 1.73 bits per heavy atom. The summed E-state index contributed by atoms with van der Waals surface area (Å²) < 4.78 is 5.01. The molecule has 0 aliphatic rings. The lowest BCUT2D eigenvalue weighted by molar-refractivity contribution is 0.0996. The Balaban J connectivity index is 1.65. The Kier molecular flexibility index (Phi) is 4.85. The van der Waals surface area contributed by atoms with Crippen molar-refractivity contribution in [3.8, 4) is 11.5 Å². The summed E-state index contributed by atoms with van der Waals surface area (Å²) in [6.07, 6.45) is 4.31. The van der Waals surface area contributed by atoms with E-state index < -0.39 is 0 Å². The van der Waals surface area contributed by atoms with Gasteiger partial charge in [0.25, 0.3) is 5.91 Å². The molecule has 3 rings (SSSR count). The van der Waals surface area contributed by atoms with Crippen molar-refractivity contribution in [2.45, 2.75) is 0 Å². The highest BCUT2D eigenvalue weighted by Crippen LogP contribution is 2.25. The topological polar surface area (TPSA) is 99.8 Å². The largest absolute Gasteiger partial charge is 0.504 e. The van der Waals surface area contributed by atoms with Crippen LogP contribution in [0, 0.1) is 0 Å². The van der Waals surface area contributed by atoms with E-state index in [0.717, 1.165) is 0 Å². The lowest BCUT2D eigenvalue weighted by Gasteiger charge is -2.04. The van der Waals surface area contributed by atoms with E-state index in [2.05, 4.69) is 5.32 Å². The molecule has 0 saturated carbocycles. The number of benzene rings is 2. The Bertz CT molecular complexity index is 956. The Hall–Kier alpha value is -3.80. The zero-order valence-corrected chi connectivity index (χ0v) is 13.5. The van der Waals surface area contributed by atoms with E-state index in [1.807, 2.05) is 0 Å². The lowest BCUT2D eigenvalue weighted by Crippen LogP contribution is -2.10. The van der Waals surface area contributed by atoms with Crippen LogP contribution in [-0.4, -0.2) is 21.9 Å². The molecule has 0 aliphatic carbocycles. The van der Waals surface area contributed by atoms with Gasteiger partial charge in [-0.1, -0.05) is 12.1 Å². The maximum atomic E-state index is 12.2. The monoisotopic (exact) mass is 349 g/mol. The number of carbonyl (C=O) groups is 2. The number of furan rings is 1. The van der Waals surface area contributed by atoms with E-state index in [9.17, 15) is 19.8 Å². The van der Waals surface area contributed by atoms with Gasteiger partial charge in [-0.25, -0.2) is 0 Å². The minimum Gasteiger partial charge on any atom is -0.504 e. The van der Waals surface area contributed by atoms with E-state index >= 15 is 0 Å². The smallest absolute Gasteiger partial charge is 0.291 e. The van der Waals surface area contributed by atoms with Gasteiger partial charge in [0.05, 0.1) is 6.26 Å². The number of amides is 1. The molecule has 1 heterocycles. The van der Waals surface area contributed by atoms with Crippen molar-refractivity contribution >= 4 is 23.5 Å². The van der Waals surface area contributed by atoms with Crippen LogP contribution in [0.15, 0.2) is 71.4 Å². The Labute approximate surface area is 149 Å². The fraction of sp³-hybridized carbons (Fsp3) is 0. The summed E-state index contributed by atoms with van der Waals surface area (Å²) in [5, 5.41) is 21.4. The molecule has 0 saturated heterocycles. The van der Waals surface area contributed by atoms with Crippen LogP contribution in [0.25, 0.3) is 6.08 Å². The summed E-state index contributed by atoms with van der Waals surface area (Å²) in [6, 6.07) is 13.9. The number of hydrogen-bond acceptors (Lipinski definition) is 5. The number of anilines is 1. The number of allylic oxidation sites excluding steroid dienone is 1. The van der Waals surface area contributed by atoms with Crippen LogP contribution in [0.5, 0.6) is 11.5 Å². The fourth-order valence-electron chi connectivity index (χ4n) is 2.23. The van der Waals surface area contributed by atoms with E-state index in [4.69, 9.17) is 4.42 Å². The second-order valence-electron chi connectivity index (χ2n) is 5.45. The number of phenols is 2. The third-order valence-corrected chi connectivity index (χ3v) is 3.60. The van der Waals surface area contributed by atoms with Gasteiger partial charge in [-0.15, -0.1) is 0 Å². The first-order chi connectivity index (χ1) is 12.5. The van der Waals surface area contributed by atoms with Gasteiger partial charge in [-0.05, 0) is 60.2 Å². The second kappa shape index (κ2) is 7.40. The number of nitrogens with one attached hydrogen (secondary N) is 1. The van der Waals surface area contributed by atoms with Crippen molar-refractivity contribution in [3.05, 3.63) is 83.8 Å². The molecule has 1 amide bonds. The number of ketones is 1. The SMILES string of the molecule is O=C(/C=C/c1ccc(O)c(O)c1)c1ccc(NC(=O)c2ccco2)cc1. The molecule has 0 bridgehead atoms. The van der Waals surface area contributed by atoms with E-state index in [0.29, 0.717) is 16.8 Å². The summed E-state index contributed by atoms with van der Waals surface area (Å²) in [6.45, 7) is 0. The normalized spacial score (nSPS) is 10.8. The van der Waals surface area contributed by atoms with Crippen LogP contribution < -0.4 is 5.32 Å². The van der Waals surface area contributed by atoms with Crippen LogP contribution >= 0.6 is 0 Å². The third kappa shape index (κ3) is 3.99. The van der Waals surface area contributed by atoms with Gasteiger partial charge in [0.15, 0.2) is 23.0 Å². The van der Waals surface area contributed by atoms with Gasteiger partial charge in [0.1, 0.15) is 0 Å². The standard InChI is InChI=1S/C20H15NO5/c22-16(9-3-13-4-10-17(23)18(24)12-13)14-5-7-15(8-6-14)21-20(25)19-2-1-11-26-19/h1-12,23-24H,(H,21,25)/b9-3+. The van der Waals surface area contributed by atoms with Gasteiger partial charge in [0.2, 0.25) is 0 Å². The van der Waals surface area contributed by atoms with Crippen LogP contribution in [0.3, 0.4) is 0 Å². The molecular formula is C20H15NO5. The van der Waals surface area contributed by atoms with Gasteiger partial charge < -0.3 is 19.9 Å². The second-order valence-corrected chi connectivity index (χ2v) is 5.45. The highest BCUT2D eigenvalue weighted by atomic mass is 16.3. The average molecular weight is 349 g/mol. The van der Waals surface area contributed by atoms with E-state index in [-0.39, 0.29) is 28.9 Å². The van der Waals surface area contributed by atoms with Crippen LogP contribution in [0.2, 0.25) is 0 Å². The third-order valence-electron chi connectivity index (χ3n) is 3.60. The van der Waals surface area contributed by atoms with Gasteiger partial charge >= 0.3 is 0 Å². The minimum atomic E-state index is -0.374. The summed E-state index contributed by atoms with van der Waals surface area (Å²) in [5.74, 6) is -0.885. The summed E-state index contributed by atoms with van der Waals surface area (Å²) in [5.41, 5.74) is 1.56. The zero-order valence-electron chi connectivity index (χ0n) is 13.5. The van der Waals surface area contributed by atoms with Crippen molar-refractivity contribution in [1.82, 2.24) is 0 Å². The molecule has 6 heteroatoms. The molecule has 0 fully saturated rings. The van der Waals surface area contributed by atoms with Crippen molar-refractivity contribution < 1.29 is 24.2 Å². The summed E-state index contributed by atoms with van der Waals surface area (Å²) in [7, 11) is 0. The number of rotatable bonds is 5. The highest BCUT2D eigenvalue weighted by molar-refractivity contribution is 6.07. The van der Waals surface area contributed by atoms with Crippen molar-refractivity contribution in [2.24, 2.45) is 0 Å². The number of carbonyl (C=O) groups excluding carboxylic acids is 2. The Morgan fingerprint density at radius 1 is 0.962 bits per heavy atom. The molecule has 130 valence electrons. The van der Waals surface area contributed by atoms with E-state index in [1.54, 1.807) is 42.5 Å². The van der Waals surface area contributed by atoms with Gasteiger partial charge in [0, 0.05) is 11.3 Å². The maximum Gasteiger partial charge on any atom is 0.291 e. The van der Waals surface area contributed by atoms with Crippen molar-refractivity contribution in [2.75, 3.05) is 5.32 Å². The molecule has 26 heavy (non-hydrogen) atoms. The molecule has 0 spiro atoms. The van der Waals surface area contributed by atoms with Crippen LogP contribution in [-0.2, 0) is 0 Å². The van der Waals surface area contributed by atoms with Crippen LogP contribution in [0.1, 0.15) is 26.5 Å². The average Bonchev–Trinajstić information content (AvgIpc) is 3.18. The maximum absolute atomic E-state index is 12.2. The fourth-order valence-corrected chi connectivity index (χ4v) is 2.23.